The van der Waals surface area contributed by atoms with Gasteiger partial charge >= 0.3 is 0 Å². The molecule has 2 aromatic rings. The first-order chi connectivity index (χ1) is 8.16. The van der Waals surface area contributed by atoms with Gasteiger partial charge in [0.05, 0.1) is 4.47 Å². The van der Waals surface area contributed by atoms with E-state index >= 15 is 0 Å². The van der Waals surface area contributed by atoms with Gasteiger partial charge in [-0.3, -0.25) is 0 Å². The molecule has 2 rings (SSSR count). The summed E-state index contributed by atoms with van der Waals surface area (Å²) in [5, 5.41) is 0. The quantitative estimate of drug-likeness (QED) is 0.703. The topological polar surface area (TPSA) is 0 Å². The molecule has 0 atom stereocenters. The summed E-state index contributed by atoms with van der Waals surface area (Å²) in [5.41, 5.74) is 2.23. The number of thioether (sulfide) groups is 1. The lowest BCUT2D eigenvalue weighted by Gasteiger charge is -2.05. The van der Waals surface area contributed by atoms with Crippen LogP contribution in [0.25, 0.3) is 0 Å². The van der Waals surface area contributed by atoms with Crippen molar-refractivity contribution in [1.82, 2.24) is 0 Å². The van der Waals surface area contributed by atoms with Crippen molar-refractivity contribution in [1.29, 1.82) is 0 Å². The molecule has 0 bridgehead atoms. The molecule has 0 N–H and O–H groups in total. The molecule has 0 aliphatic rings. The Bertz CT molecular complexity index is 525. The van der Waals surface area contributed by atoms with Crippen LogP contribution in [-0.4, -0.2) is 0 Å². The van der Waals surface area contributed by atoms with Crippen LogP contribution in [0.4, 0.5) is 4.39 Å². The Morgan fingerprint density at radius 2 is 1.94 bits per heavy atom. The Morgan fingerprint density at radius 1 is 1.18 bits per heavy atom. The highest BCUT2D eigenvalue weighted by Crippen LogP contribution is 2.28. The number of hydrogen-bond acceptors (Lipinski definition) is 1. The van der Waals surface area contributed by atoms with Crippen molar-refractivity contribution >= 4 is 27.7 Å². The summed E-state index contributed by atoms with van der Waals surface area (Å²) < 4.78 is 13.9. The van der Waals surface area contributed by atoms with Crippen molar-refractivity contribution in [2.45, 2.75) is 17.6 Å². The van der Waals surface area contributed by atoms with Gasteiger partial charge in [-0.25, -0.2) is 4.39 Å². The zero-order valence-electron chi connectivity index (χ0n) is 9.41. The molecule has 0 nitrogen and oxygen atoms in total. The van der Waals surface area contributed by atoms with Gasteiger partial charge in [-0.2, -0.15) is 0 Å². The zero-order valence-corrected chi connectivity index (χ0v) is 11.8. The average Bonchev–Trinajstić information content (AvgIpc) is 2.31. The fourth-order valence-corrected chi connectivity index (χ4v) is 3.12. The molecule has 0 aliphatic carbocycles. The molecular formula is C14H12BrFS. The van der Waals surface area contributed by atoms with E-state index in [1.54, 1.807) is 17.8 Å². The summed E-state index contributed by atoms with van der Waals surface area (Å²) in [6, 6.07) is 13.5. The summed E-state index contributed by atoms with van der Waals surface area (Å²) in [6.07, 6.45) is 0. The van der Waals surface area contributed by atoms with Gasteiger partial charge in [0, 0.05) is 10.6 Å². The Kier molecular flexibility index (Phi) is 4.24. The average molecular weight is 311 g/mol. The van der Waals surface area contributed by atoms with E-state index in [1.807, 2.05) is 12.1 Å². The predicted octanol–water partition coefficient (Wildman–Crippen LogP) is 5.19. The maximum atomic E-state index is 13.3. The van der Waals surface area contributed by atoms with Gasteiger partial charge in [-0.05, 0) is 46.6 Å². The summed E-state index contributed by atoms with van der Waals surface area (Å²) in [6.45, 7) is 2.07. The van der Waals surface area contributed by atoms with Crippen LogP contribution in [0.15, 0.2) is 51.8 Å². The Balaban J connectivity index is 2.10. The van der Waals surface area contributed by atoms with Crippen LogP contribution in [0, 0.1) is 12.7 Å². The zero-order chi connectivity index (χ0) is 12.3. The first-order valence-corrected chi connectivity index (χ1v) is 7.07. The molecule has 0 aromatic heterocycles. The van der Waals surface area contributed by atoms with E-state index < -0.39 is 0 Å². The molecule has 0 radical (unpaired) electrons. The van der Waals surface area contributed by atoms with Gasteiger partial charge in [-0.15, -0.1) is 11.8 Å². The van der Waals surface area contributed by atoms with Gasteiger partial charge in [0.25, 0.3) is 0 Å². The number of aryl methyl sites for hydroxylation is 1. The third-order valence-electron chi connectivity index (χ3n) is 2.42. The van der Waals surface area contributed by atoms with Crippen LogP contribution in [0.1, 0.15) is 11.1 Å². The van der Waals surface area contributed by atoms with Gasteiger partial charge in [0.15, 0.2) is 0 Å². The molecule has 0 saturated heterocycles. The molecule has 17 heavy (non-hydrogen) atoms. The molecule has 0 unspecified atom stereocenters. The molecule has 0 heterocycles. The molecule has 0 aliphatic heterocycles. The maximum absolute atomic E-state index is 13.3. The van der Waals surface area contributed by atoms with Crippen LogP contribution < -0.4 is 0 Å². The molecular weight excluding hydrogens is 299 g/mol. The standard InChI is InChI=1S/C14H12BrFS/c1-10-4-2-6-12(8-10)17-9-11-5-3-7-13(16)14(11)15/h2-8H,9H2,1H3. The summed E-state index contributed by atoms with van der Waals surface area (Å²) in [5.74, 6) is 0.564. The third kappa shape index (κ3) is 3.33. The fraction of sp³-hybridized carbons (Fsp3) is 0.143. The highest BCUT2D eigenvalue weighted by atomic mass is 79.9. The summed E-state index contributed by atoms with van der Waals surface area (Å²) in [7, 11) is 0. The summed E-state index contributed by atoms with van der Waals surface area (Å²) in [4.78, 5) is 1.21. The van der Waals surface area contributed by atoms with Crippen molar-refractivity contribution in [2.24, 2.45) is 0 Å². The van der Waals surface area contributed by atoms with Crippen molar-refractivity contribution in [2.75, 3.05) is 0 Å². The molecule has 0 saturated carbocycles. The van der Waals surface area contributed by atoms with Crippen LogP contribution in [0.2, 0.25) is 0 Å². The maximum Gasteiger partial charge on any atom is 0.137 e. The Labute approximate surface area is 113 Å². The summed E-state index contributed by atoms with van der Waals surface area (Å²) >= 11 is 4.99. The molecule has 3 heteroatoms. The van der Waals surface area contributed by atoms with Crippen LogP contribution in [-0.2, 0) is 5.75 Å². The van der Waals surface area contributed by atoms with Crippen molar-refractivity contribution in [3.05, 3.63) is 63.9 Å². The second-order valence-electron chi connectivity index (χ2n) is 3.82. The number of halogens is 2. The van der Waals surface area contributed by atoms with Gasteiger partial charge < -0.3 is 0 Å². The van der Waals surface area contributed by atoms with E-state index in [9.17, 15) is 4.39 Å². The molecule has 0 spiro atoms. The van der Waals surface area contributed by atoms with Gasteiger partial charge in [0.1, 0.15) is 5.82 Å². The number of hydrogen-bond donors (Lipinski definition) is 0. The number of rotatable bonds is 3. The highest BCUT2D eigenvalue weighted by Gasteiger charge is 2.05. The van der Waals surface area contributed by atoms with Crippen LogP contribution >= 0.6 is 27.7 Å². The minimum absolute atomic E-state index is 0.202. The fourth-order valence-electron chi connectivity index (χ4n) is 1.53. The van der Waals surface area contributed by atoms with E-state index in [0.29, 0.717) is 4.47 Å². The molecule has 0 fully saturated rings. The smallest absolute Gasteiger partial charge is 0.137 e. The lowest BCUT2D eigenvalue weighted by atomic mass is 10.2. The minimum atomic E-state index is -0.202. The molecule has 88 valence electrons. The lowest BCUT2D eigenvalue weighted by Crippen LogP contribution is -1.86. The Morgan fingerprint density at radius 3 is 2.71 bits per heavy atom. The normalized spacial score (nSPS) is 10.5. The van der Waals surface area contributed by atoms with Gasteiger partial charge in [0.2, 0.25) is 0 Å². The van der Waals surface area contributed by atoms with E-state index in [0.717, 1.165) is 11.3 Å². The molecule has 2 aromatic carbocycles. The van der Waals surface area contributed by atoms with Crippen LogP contribution in [0.3, 0.4) is 0 Å². The van der Waals surface area contributed by atoms with E-state index in [4.69, 9.17) is 0 Å². The first-order valence-electron chi connectivity index (χ1n) is 5.29. The largest absolute Gasteiger partial charge is 0.206 e. The first kappa shape index (κ1) is 12.7. The van der Waals surface area contributed by atoms with E-state index in [2.05, 4.69) is 41.1 Å². The monoisotopic (exact) mass is 310 g/mol. The predicted molar refractivity (Wildman–Crippen MR) is 74.8 cm³/mol. The van der Waals surface area contributed by atoms with E-state index in [-0.39, 0.29) is 5.82 Å². The van der Waals surface area contributed by atoms with Crippen molar-refractivity contribution in [3.8, 4) is 0 Å². The van der Waals surface area contributed by atoms with E-state index in [1.165, 1.54) is 16.5 Å². The SMILES string of the molecule is Cc1cccc(SCc2cccc(F)c2Br)c1. The lowest BCUT2D eigenvalue weighted by molar-refractivity contribution is 0.619. The number of benzene rings is 2. The van der Waals surface area contributed by atoms with Crippen molar-refractivity contribution in [3.63, 3.8) is 0 Å². The van der Waals surface area contributed by atoms with Gasteiger partial charge in [-0.1, -0.05) is 29.8 Å². The highest BCUT2D eigenvalue weighted by molar-refractivity contribution is 9.10. The minimum Gasteiger partial charge on any atom is -0.206 e. The third-order valence-corrected chi connectivity index (χ3v) is 4.35. The van der Waals surface area contributed by atoms with Crippen LogP contribution in [0.5, 0.6) is 0 Å². The second-order valence-corrected chi connectivity index (χ2v) is 5.66. The Hall–Kier alpha value is -0.800. The van der Waals surface area contributed by atoms with Crippen molar-refractivity contribution < 1.29 is 4.39 Å². The second kappa shape index (κ2) is 5.69. The molecule has 0 amide bonds.